The third kappa shape index (κ3) is 2.17. The first-order valence-corrected chi connectivity index (χ1v) is 6.13. The van der Waals surface area contributed by atoms with E-state index in [0.29, 0.717) is 5.01 Å². The molecule has 0 spiro atoms. The molecule has 0 bridgehead atoms. The van der Waals surface area contributed by atoms with E-state index in [2.05, 4.69) is 10.1 Å². The average molecular weight is 292 g/mol. The molecule has 1 aliphatic heterocycles. The van der Waals surface area contributed by atoms with Crippen molar-refractivity contribution in [1.82, 2.24) is 15.2 Å². The molecule has 1 aromatic heterocycles. The summed E-state index contributed by atoms with van der Waals surface area (Å²) in [6, 6.07) is 0. The number of thiazole rings is 1. The van der Waals surface area contributed by atoms with E-state index in [1.807, 2.05) is 0 Å². The first-order valence-electron chi connectivity index (χ1n) is 4.88. The number of hydrogen-bond donors (Lipinski definition) is 0. The molecule has 2 rings (SSSR count). The highest BCUT2D eigenvalue weighted by atomic mass is 35.5. The van der Waals surface area contributed by atoms with E-state index in [0.717, 1.165) is 0 Å². The van der Waals surface area contributed by atoms with E-state index in [4.69, 9.17) is 16.4 Å². The summed E-state index contributed by atoms with van der Waals surface area (Å²) < 4.78 is 0. The van der Waals surface area contributed by atoms with Crippen LogP contribution >= 0.6 is 22.9 Å². The van der Waals surface area contributed by atoms with Crippen LogP contribution in [-0.2, 0) is 9.71 Å². The molecular formula is C8H10ClN5O3S. The summed E-state index contributed by atoms with van der Waals surface area (Å²) in [5.41, 5.74) is 0. The molecule has 0 saturated carbocycles. The number of nitrogens with zero attached hydrogens (tertiary/aromatic N) is 5. The molecule has 0 amide bonds. The summed E-state index contributed by atoms with van der Waals surface area (Å²) in [4.78, 5) is 18.8. The van der Waals surface area contributed by atoms with Crippen molar-refractivity contribution in [3.63, 3.8) is 0 Å². The van der Waals surface area contributed by atoms with Crippen LogP contribution in [0.15, 0.2) is 16.7 Å². The maximum Gasteiger partial charge on any atom is 0.225 e. The number of hydroxylamine groups is 1. The van der Waals surface area contributed by atoms with E-state index in [1.54, 1.807) is 25.7 Å². The second-order valence-corrected chi connectivity index (χ2v) is 5.10. The zero-order valence-electron chi connectivity index (χ0n) is 9.61. The van der Waals surface area contributed by atoms with Gasteiger partial charge in [0.25, 0.3) is 0 Å². The fourth-order valence-corrected chi connectivity index (χ4v) is 2.62. The molecule has 0 N–H and O–H groups in total. The Labute approximate surface area is 111 Å². The van der Waals surface area contributed by atoms with Crippen LogP contribution in [0.3, 0.4) is 0 Å². The SMILES string of the molecule is CN1OCC(Cl)(c2nccs2)C(=N[N+](=O)[O-])N1C. The summed E-state index contributed by atoms with van der Waals surface area (Å²) in [5, 5.41) is 18.2. The van der Waals surface area contributed by atoms with Crippen molar-refractivity contribution in [2.24, 2.45) is 5.10 Å². The van der Waals surface area contributed by atoms with Crippen molar-refractivity contribution in [3.05, 3.63) is 26.7 Å². The lowest BCUT2D eigenvalue weighted by atomic mass is 10.1. The van der Waals surface area contributed by atoms with Gasteiger partial charge in [-0.25, -0.2) is 15.1 Å². The van der Waals surface area contributed by atoms with Gasteiger partial charge in [0.2, 0.25) is 5.84 Å². The average Bonchev–Trinajstić information content (AvgIpc) is 2.84. The second kappa shape index (κ2) is 4.76. The first kappa shape index (κ1) is 13.1. The van der Waals surface area contributed by atoms with Gasteiger partial charge in [-0.05, 0) is 0 Å². The number of amidine groups is 1. The fraction of sp³-hybridized carbons (Fsp3) is 0.500. The fourth-order valence-electron chi connectivity index (χ4n) is 1.52. The Hall–Kier alpha value is -1.29. The van der Waals surface area contributed by atoms with Crippen LogP contribution in [0.4, 0.5) is 0 Å². The van der Waals surface area contributed by atoms with Gasteiger partial charge in [0.05, 0.1) is 5.10 Å². The Bertz CT molecular complexity index is 481. The number of nitro groups is 1. The first-order chi connectivity index (χ1) is 8.45. The molecule has 98 valence electrons. The minimum absolute atomic E-state index is 0.0234. The Morgan fingerprint density at radius 1 is 1.72 bits per heavy atom. The summed E-state index contributed by atoms with van der Waals surface area (Å²) in [6.07, 6.45) is 1.58. The molecule has 1 saturated heterocycles. The number of hydrazine groups is 1. The third-order valence-corrected chi connectivity index (χ3v) is 3.99. The number of alkyl halides is 1. The van der Waals surface area contributed by atoms with Crippen LogP contribution in [-0.4, -0.2) is 46.7 Å². The van der Waals surface area contributed by atoms with Gasteiger partial charge in [-0.2, -0.15) is 0 Å². The Morgan fingerprint density at radius 3 is 3.00 bits per heavy atom. The summed E-state index contributed by atoms with van der Waals surface area (Å²) in [5.74, 6) is 0.0675. The predicted molar refractivity (Wildman–Crippen MR) is 65.6 cm³/mol. The number of aromatic nitrogens is 1. The third-order valence-electron chi connectivity index (χ3n) is 2.48. The molecule has 1 aromatic rings. The molecule has 1 fully saturated rings. The molecule has 1 unspecified atom stereocenters. The predicted octanol–water partition coefficient (Wildman–Crippen LogP) is 0.891. The van der Waals surface area contributed by atoms with Crippen LogP contribution in [0.5, 0.6) is 0 Å². The second-order valence-electron chi connectivity index (χ2n) is 3.56. The molecule has 0 aliphatic carbocycles. The lowest BCUT2D eigenvalue weighted by molar-refractivity contribution is -0.487. The number of hydrazone groups is 1. The molecule has 18 heavy (non-hydrogen) atoms. The van der Waals surface area contributed by atoms with Crippen LogP contribution in [0.2, 0.25) is 0 Å². The Morgan fingerprint density at radius 2 is 2.44 bits per heavy atom. The van der Waals surface area contributed by atoms with E-state index >= 15 is 0 Å². The van der Waals surface area contributed by atoms with Crippen molar-refractivity contribution in [3.8, 4) is 0 Å². The molecule has 10 heteroatoms. The molecule has 8 nitrogen and oxygen atoms in total. The van der Waals surface area contributed by atoms with Crippen molar-refractivity contribution >= 4 is 28.8 Å². The molecule has 0 aromatic carbocycles. The molecule has 1 aliphatic rings. The minimum Gasteiger partial charge on any atom is -0.277 e. The quantitative estimate of drug-likeness (QED) is 0.457. The number of rotatable bonds is 2. The monoisotopic (exact) mass is 291 g/mol. The number of hydrogen-bond acceptors (Lipinski definition) is 6. The summed E-state index contributed by atoms with van der Waals surface area (Å²) in [6.45, 7) is 0.0234. The molecular weight excluding hydrogens is 282 g/mol. The van der Waals surface area contributed by atoms with Gasteiger partial charge >= 0.3 is 0 Å². The van der Waals surface area contributed by atoms with Gasteiger partial charge in [-0.15, -0.1) is 16.5 Å². The lowest BCUT2D eigenvalue weighted by Gasteiger charge is -2.40. The van der Waals surface area contributed by atoms with Gasteiger partial charge in [0, 0.05) is 25.7 Å². The van der Waals surface area contributed by atoms with Gasteiger partial charge in [0.1, 0.15) is 11.6 Å². The number of likely N-dealkylation sites (N-methyl/N-ethyl adjacent to an activating group) is 1. The van der Waals surface area contributed by atoms with Gasteiger partial charge < -0.3 is 0 Å². The summed E-state index contributed by atoms with van der Waals surface area (Å²) >= 11 is 7.72. The molecule has 2 heterocycles. The Kier molecular flexibility index (Phi) is 3.48. The Balaban J connectivity index is 2.48. The standard InChI is InChI=1S/C8H10ClN5O3S/c1-12-6(11-14(15)16)8(9,5-17-13(12)2)7-10-3-4-18-7/h3-4H,5H2,1-2H3. The lowest BCUT2D eigenvalue weighted by Crippen LogP contribution is -2.57. The largest absolute Gasteiger partial charge is 0.277 e. The van der Waals surface area contributed by atoms with E-state index in [9.17, 15) is 10.1 Å². The topological polar surface area (TPSA) is 84.1 Å². The highest BCUT2D eigenvalue weighted by molar-refractivity contribution is 7.10. The zero-order valence-corrected chi connectivity index (χ0v) is 11.2. The van der Waals surface area contributed by atoms with Crippen LogP contribution in [0.1, 0.15) is 5.01 Å². The van der Waals surface area contributed by atoms with E-state index in [1.165, 1.54) is 21.5 Å². The molecule has 1 atom stereocenters. The van der Waals surface area contributed by atoms with Gasteiger partial charge in [-0.1, -0.05) is 11.6 Å². The summed E-state index contributed by atoms with van der Waals surface area (Å²) in [7, 11) is 3.18. The van der Waals surface area contributed by atoms with Crippen LogP contribution < -0.4 is 0 Å². The van der Waals surface area contributed by atoms with E-state index in [-0.39, 0.29) is 12.4 Å². The highest BCUT2D eigenvalue weighted by Gasteiger charge is 2.48. The molecule has 0 radical (unpaired) electrons. The zero-order chi connectivity index (χ0) is 13.3. The van der Waals surface area contributed by atoms with Crippen LogP contribution in [0, 0.1) is 10.1 Å². The van der Waals surface area contributed by atoms with Crippen molar-refractivity contribution in [2.45, 2.75) is 4.87 Å². The normalized spacial score (nSPS) is 27.7. The minimum atomic E-state index is -1.25. The highest BCUT2D eigenvalue weighted by Crippen LogP contribution is 2.36. The van der Waals surface area contributed by atoms with Gasteiger partial charge in [-0.3, -0.25) is 9.85 Å². The smallest absolute Gasteiger partial charge is 0.225 e. The maximum absolute atomic E-state index is 10.6. The van der Waals surface area contributed by atoms with Crippen molar-refractivity contribution in [1.29, 1.82) is 0 Å². The van der Waals surface area contributed by atoms with Gasteiger partial charge in [0.15, 0.2) is 9.91 Å². The van der Waals surface area contributed by atoms with Crippen molar-refractivity contribution in [2.75, 3.05) is 20.7 Å². The van der Waals surface area contributed by atoms with Crippen molar-refractivity contribution < 1.29 is 9.87 Å². The van der Waals surface area contributed by atoms with E-state index < -0.39 is 9.91 Å². The van der Waals surface area contributed by atoms with Crippen LogP contribution in [0.25, 0.3) is 0 Å². The maximum atomic E-state index is 10.6. The number of halogens is 1.